The average molecular weight is 286 g/mol. The average Bonchev–Trinajstić information content (AvgIpc) is 2.62. The van der Waals surface area contributed by atoms with E-state index < -0.39 is 21.8 Å². The first kappa shape index (κ1) is 14.3. The first-order valence-corrected chi connectivity index (χ1v) is 7.47. The highest BCUT2D eigenvalue weighted by molar-refractivity contribution is 7.86. The topological polar surface area (TPSA) is 61.8 Å². The van der Waals surface area contributed by atoms with Crippen LogP contribution in [0.1, 0.15) is 26.3 Å². The number of fused-ring (bicyclic) bond motifs is 1. The van der Waals surface area contributed by atoms with Crippen LogP contribution in [0.2, 0.25) is 0 Å². The van der Waals surface area contributed by atoms with Crippen LogP contribution in [0.4, 0.5) is 0 Å². The molecular formula is C13H18O5S. The van der Waals surface area contributed by atoms with Crippen LogP contribution >= 0.6 is 0 Å². The van der Waals surface area contributed by atoms with Crippen LogP contribution in [0.15, 0.2) is 23.1 Å². The maximum absolute atomic E-state index is 11.7. The molecule has 6 heteroatoms. The lowest BCUT2D eigenvalue weighted by Gasteiger charge is -2.25. The molecule has 1 heterocycles. The highest BCUT2D eigenvalue weighted by atomic mass is 32.2. The second-order valence-corrected chi connectivity index (χ2v) is 6.62. The van der Waals surface area contributed by atoms with Crippen molar-refractivity contribution in [1.82, 2.24) is 0 Å². The molecule has 0 fully saturated rings. The van der Waals surface area contributed by atoms with Crippen molar-refractivity contribution in [3.8, 4) is 5.75 Å². The molecule has 0 aliphatic carbocycles. The van der Waals surface area contributed by atoms with Crippen molar-refractivity contribution in [1.29, 1.82) is 0 Å². The molecule has 1 unspecified atom stereocenters. The normalized spacial score (nSPS) is 20.9. The van der Waals surface area contributed by atoms with Crippen LogP contribution in [0.5, 0.6) is 5.75 Å². The summed E-state index contributed by atoms with van der Waals surface area (Å²) in [6.07, 6.45) is -0.409. The second kappa shape index (κ2) is 4.77. The number of benzene rings is 1. The van der Waals surface area contributed by atoms with E-state index in [0.29, 0.717) is 12.4 Å². The van der Waals surface area contributed by atoms with Crippen LogP contribution in [0, 0.1) is 0 Å². The van der Waals surface area contributed by atoms with Gasteiger partial charge in [-0.25, -0.2) is 0 Å². The van der Waals surface area contributed by atoms with E-state index in [2.05, 4.69) is 4.18 Å². The third-order valence-electron chi connectivity index (χ3n) is 3.29. The van der Waals surface area contributed by atoms with Crippen LogP contribution in [-0.2, 0) is 24.5 Å². The van der Waals surface area contributed by atoms with Crippen LogP contribution in [0.25, 0.3) is 0 Å². The molecule has 0 spiro atoms. The van der Waals surface area contributed by atoms with Crippen molar-refractivity contribution >= 4 is 10.1 Å². The van der Waals surface area contributed by atoms with E-state index in [-0.39, 0.29) is 4.90 Å². The highest BCUT2D eigenvalue weighted by Gasteiger charge is 2.43. The van der Waals surface area contributed by atoms with Gasteiger partial charge in [0.15, 0.2) is 0 Å². The molecule has 0 bridgehead atoms. The van der Waals surface area contributed by atoms with Gasteiger partial charge < -0.3 is 9.47 Å². The van der Waals surface area contributed by atoms with E-state index in [4.69, 9.17) is 9.47 Å². The highest BCUT2D eigenvalue weighted by Crippen LogP contribution is 2.44. The lowest BCUT2D eigenvalue weighted by molar-refractivity contribution is -0.0981. The number of rotatable bonds is 4. The van der Waals surface area contributed by atoms with Crippen molar-refractivity contribution in [3.63, 3.8) is 0 Å². The summed E-state index contributed by atoms with van der Waals surface area (Å²) < 4.78 is 39.2. The van der Waals surface area contributed by atoms with E-state index >= 15 is 0 Å². The lowest BCUT2D eigenvalue weighted by atomic mass is 9.85. The predicted octanol–water partition coefficient (Wildman–Crippen LogP) is 2.05. The summed E-state index contributed by atoms with van der Waals surface area (Å²) in [7, 11) is -2.55. The molecule has 19 heavy (non-hydrogen) atoms. The molecule has 0 radical (unpaired) electrons. The van der Waals surface area contributed by atoms with E-state index in [1.54, 1.807) is 12.1 Å². The molecule has 1 aromatic rings. The summed E-state index contributed by atoms with van der Waals surface area (Å²) in [6, 6.07) is 4.71. The van der Waals surface area contributed by atoms with Gasteiger partial charge in [-0.15, -0.1) is 0 Å². The summed E-state index contributed by atoms with van der Waals surface area (Å²) >= 11 is 0. The van der Waals surface area contributed by atoms with Crippen molar-refractivity contribution in [2.24, 2.45) is 0 Å². The standard InChI is InChI=1S/C13H18O5S/c1-5-17-12-13(2,3)10-8-9(19(14,15)16-4)6-7-11(10)18-12/h6-8,12H,5H2,1-4H3. The Balaban J connectivity index is 2.47. The molecular weight excluding hydrogens is 268 g/mol. The third-order valence-corrected chi connectivity index (χ3v) is 4.56. The molecule has 0 aromatic heterocycles. The van der Waals surface area contributed by atoms with Gasteiger partial charge in [0.25, 0.3) is 10.1 Å². The van der Waals surface area contributed by atoms with Gasteiger partial charge in [0, 0.05) is 12.2 Å². The molecule has 0 amide bonds. The summed E-state index contributed by atoms with van der Waals surface area (Å²) in [5.41, 5.74) is 0.397. The maximum atomic E-state index is 11.7. The molecule has 106 valence electrons. The molecule has 0 saturated carbocycles. The van der Waals surface area contributed by atoms with E-state index in [1.165, 1.54) is 6.07 Å². The third kappa shape index (κ3) is 2.35. The van der Waals surface area contributed by atoms with E-state index in [1.807, 2.05) is 20.8 Å². The van der Waals surface area contributed by atoms with Crippen molar-refractivity contribution in [3.05, 3.63) is 23.8 Å². The van der Waals surface area contributed by atoms with Gasteiger partial charge in [-0.3, -0.25) is 4.18 Å². The maximum Gasteiger partial charge on any atom is 0.296 e. The van der Waals surface area contributed by atoms with Gasteiger partial charge in [-0.05, 0) is 39.0 Å². The Morgan fingerprint density at radius 2 is 2.05 bits per heavy atom. The van der Waals surface area contributed by atoms with Crippen LogP contribution in [-0.4, -0.2) is 28.4 Å². The van der Waals surface area contributed by atoms with Crippen molar-refractivity contribution in [2.45, 2.75) is 37.4 Å². The zero-order valence-corrected chi connectivity index (χ0v) is 12.3. The fourth-order valence-electron chi connectivity index (χ4n) is 2.15. The molecule has 2 rings (SSSR count). The van der Waals surface area contributed by atoms with Crippen LogP contribution in [0.3, 0.4) is 0 Å². The molecule has 5 nitrogen and oxygen atoms in total. The Morgan fingerprint density at radius 1 is 1.37 bits per heavy atom. The largest absolute Gasteiger partial charge is 0.464 e. The molecule has 0 N–H and O–H groups in total. The van der Waals surface area contributed by atoms with Gasteiger partial charge in [0.1, 0.15) is 5.75 Å². The quantitative estimate of drug-likeness (QED) is 0.793. The molecule has 1 aromatic carbocycles. The summed E-state index contributed by atoms with van der Waals surface area (Å²) in [5, 5.41) is 0. The molecule has 1 aliphatic rings. The van der Waals surface area contributed by atoms with Gasteiger partial charge in [0.2, 0.25) is 6.29 Å². The van der Waals surface area contributed by atoms with Gasteiger partial charge in [-0.2, -0.15) is 8.42 Å². The minimum absolute atomic E-state index is 0.127. The van der Waals surface area contributed by atoms with Crippen molar-refractivity contribution < 1.29 is 22.1 Å². The van der Waals surface area contributed by atoms with Crippen molar-refractivity contribution in [2.75, 3.05) is 13.7 Å². The van der Waals surface area contributed by atoms with Gasteiger partial charge >= 0.3 is 0 Å². The zero-order valence-electron chi connectivity index (χ0n) is 11.5. The second-order valence-electron chi connectivity index (χ2n) is 4.91. The number of ether oxygens (including phenoxy) is 2. The first-order valence-electron chi connectivity index (χ1n) is 6.06. The minimum atomic E-state index is -3.70. The monoisotopic (exact) mass is 286 g/mol. The lowest BCUT2D eigenvalue weighted by Crippen LogP contribution is -2.34. The Hall–Kier alpha value is -1.11. The fraction of sp³-hybridized carbons (Fsp3) is 0.538. The first-order chi connectivity index (χ1) is 8.82. The molecule has 1 atom stereocenters. The summed E-state index contributed by atoms with van der Waals surface area (Å²) in [4.78, 5) is 0.127. The fourth-order valence-corrected chi connectivity index (χ4v) is 2.84. The smallest absolute Gasteiger partial charge is 0.296 e. The summed E-state index contributed by atoms with van der Waals surface area (Å²) in [6.45, 7) is 6.35. The number of hydrogen-bond acceptors (Lipinski definition) is 5. The van der Waals surface area contributed by atoms with Gasteiger partial charge in [0.05, 0.1) is 17.4 Å². The summed E-state index contributed by atoms with van der Waals surface area (Å²) in [5.74, 6) is 0.651. The van der Waals surface area contributed by atoms with E-state index in [9.17, 15) is 8.42 Å². The zero-order chi connectivity index (χ0) is 14.3. The van der Waals surface area contributed by atoms with Crippen LogP contribution < -0.4 is 4.74 Å². The molecule has 0 saturated heterocycles. The number of hydrogen-bond donors (Lipinski definition) is 0. The minimum Gasteiger partial charge on any atom is -0.464 e. The Morgan fingerprint density at radius 3 is 2.63 bits per heavy atom. The predicted molar refractivity (Wildman–Crippen MR) is 69.7 cm³/mol. The van der Waals surface area contributed by atoms with Gasteiger partial charge in [-0.1, -0.05) is 0 Å². The Kier molecular flexibility index (Phi) is 3.59. The Labute approximate surface area is 113 Å². The van der Waals surface area contributed by atoms with E-state index in [0.717, 1.165) is 12.7 Å². The molecule has 1 aliphatic heterocycles. The Bertz CT molecular complexity index is 577. The SMILES string of the molecule is CCOC1Oc2ccc(S(=O)(=O)OC)cc2C1(C)C.